The van der Waals surface area contributed by atoms with Crippen molar-refractivity contribution in [3.8, 4) is 0 Å². The summed E-state index contributed by atoms with van der Waals surface area (Å²) in [5, 5.41) is 3.30. The molecule has 1 aliphatic heterocycles. The summed E-state index contributed by atoms with van der Waals surface area (Å²) in [6.45, 7) is 1.81. The van der Waals surface area contributed by atoms with Crippen LogP contribution in [0.2, 0.25) is 0 Å². The second-order valence-electron chi connectivity index (χ2n) is 5.91. The maximum atomic E-state index is 12.6. The van der Waals surface area contributed by atoms with E-state index in [9.17, 15) is 4.79 Å². The van der Waals surface area contributed by atoms with Gasteiger partial charge in [-0.15, -0.1) is 0 Å². The molecule has 1 aromatic rings. The molecule has 3 rings (SSSR count). The monoisotopic (exact) mass is 336 g/mol. The van der Waals surface area contributed by atoms with Crippen LogP contribution >= 0.6 is 15.9 Å². The van der Waals surface area contributed by atoms with Crippen LogP contribution < -0.4 is 5.32 Å². The lowest BCUT2D eigenvalue weighted by molar-refractivity contribution is -0.134. The molecule has 1 saturated heterocycles. The van der Waals surface area contributed by atoms with Crippen LogP contribution in [0, 0.1) is 5.92 Å². The molecule has 0 spiro atoms. The zero-order valence-corrected chi connectivity index (χ0v) is 13.4. The molecule has 2 aliphatic rings. The van der Waals surface area contributed by atoms with E-state index in [-0.39, 0.29) is 5.92 Å². The first kappa shape index (κ1) is 14.1. The average molecular weight is 337 g/mol. The van der Waals surface area contributed by atoms with Crippen LogP contribution in [-0.4, -0.2) is 37.0 Å². The normalized spacial score (nSPS) is 29.3. The van der Waals surface area contributed by atoms with Crippen molar-refractivity contribution in [1.82, 2.24) is 10.2 Å². The summed E-state index contributed by atoms with van der Waals surface area (Å²) in [7, 11) is 1.99. The smallest absolute Gasteiger partial charge is 0.226 e. The van der Waals surface area contributed by atoms with Crippen LogP contribution in [0.25, 0.3) is 0 Å². The Hall–Kier alpha value is -0.870. The molecule has 20 heavy (non-hydrogen) atoms. The lowest BCUT2D eigenvalue weighted by Crippen LogP contribution is -2.47. The maximum absolute atomic E-state index is 12.6. The number of likely N-dealkylation sites (N-methyl/N-ethyl adjacent to an activating group) is 1. The van der Waals surface area contributed by atoms with Crippen LogP contribution in [0.1, 0.15) is 30.7 Å². The highest BCUT2D eigenvalue weighted by Gasteiger charge is 2.46. The van der Waals surface area contributed by atoms with Crippen molar-refractivity contribution in [2.45, 2.75) is 31.2 Å². The predicted molar refractivity (Wildman–Crippen MR) is 83.7 cm³/mol. The van der Waals surface area contributed by atoms with Crippen molar-refractivity contribution < 1.29 is 4.79 Å². The minimum atomic E-state index is 0.215. The number of piperidine rings is 1. The molecule has 3 nitrogen and oxygen atoms in total. The van der Waals surface area contributed by atoms with E-state index in [1.165, 1.54) is 12.0 Å². The van der Waals surface area contributed by atoms with Crippen LogP contribution in [0.3, 0.4) is 0 Å². The van der Waals surface area contributed by atoms with Crippen molar-refractivity contribution in [1.29, 1.82) is 0 Å². The van der Waals surface area contributed by atoms with Crippen molar-refractivity contribution in [3.05, 3.63) is 34.3 Å². The molecule has 4 heteroatoms. The second-order valence-corrected chi connectivity index (χ2v) is 6.83. The summed E-state index contributed by atoms with van der Waals surface area (Å²) in [5.41, 5.74) is 1.30. The number of nitrogens with one attached hydrogen (secondary N) is 1. The molecule has 1 aliphatic carbocycles. The highest BCUT2D eigenvalue weighted by molar-refractivity contribution is 9.10. The van der Waals surface area contributed by atoms with Crippen molar-refractivity contribution >= 4 is 21.8 Å². The number of hydrogen-bond acceptors (Lipinski definition) is 2. The van der Waals surface area contributed by atoms with E-state index < -0.39 is 0 Å². The van der Waals surface area contributed by atoms with E-state index in [1.54, 1.807) is 0 Å². The molecule has 1 saturated carbocycles. The zero-order valence-electron chi connectivity index (χ0n) is 11.8. The average Bonchev–Trinajstić information content (AvgIpc) is 3.28. The van der Waals surface area contributed by atoms with Gasteiger partial charge in [0, 0.05) is 29.5 Å². The number of carbonyl (C=O) groups excluding carboxylic acids is 1. The summed E-state index contributed by atoms with van der Waals surface area (Å²) in [5.74, 6) is 1.01. The molecule has 108 valence electrons. The highest BCUT2D eigenvalue weighted by atomic mass is 79.9. The molecule has 1 N–H and O–H groups in total. The van der Waals surface area contributed by atoms with Gasteiger partial charge in [-0.3, -0.25) is 4.79 Å². The Balaban J connectivity index is 1.61. The van der Waals surface area contributed by atoms with Gasteiger partial charge < -0.3 is 10.2 Å². The summed E-state index contributed by atoms with van der Waals surface area (Å²) in [6, 6.07) is 8.86. The molecular formula is C16H21BrN2O. The van der Waals surface area contributed by atoms with Gasteiger partial charge in [-0.25, -0.2) is 0 Å². The fraction of sp³-hybridized carbons (Fsp3) is 0.562. The fourth-order valence-corrected chi connectivity index (χ4v) is 3.46. The number of halogens is 1. The number of amides is 1. The Bertz CT molecular complexity index is 488. The van der Waals surface area contributed by atoms with Crippen LogP contribution in [0.5, 0.6) is 0 Å². The van der Waals surface area contributed by atoms with Gasteiger partial charge in [0.1, 0.15) is 0 Å². The number of rotatable bonds is 3. The lowest BCUT2D eigenvalue weighted by Gasteiger charge is -2.32. The van der Waals surface area contributed by atoms with E-state index >= 15 is 0 Å². The fourth-order valence-electron chi connectivity index (χ4n) is 3.19. The molecule has 0 bridgehead atoms. The Morgan fingerprint density at radius 1 is 1.35 bits per heavy atom. The van der Waals surface area contributed by atoms with Crippen LogP contribution in [-0.2, 0) is 4.79 Å². The van der Waals surface area contributed by atoms with E-state index in [0.717, 1.165) is 30.4 Å². The van der Waals surface area contributed by atoms with Crippen molar-refractivity contribution in [2.24, 2.45) is 5.92 Å². The molecule has 0 unspecified atom stereocenters. The number of nitrogens with zero attached hydrogens (tertiary/aromatic N) is 1. The third-order valence-electron chi connectivity index (χ3n) is 4.55. The van der Waals surface area contributed by atoms with Gasteiger partial charge in [0.2, 0.25) is 5.91 Å². The van der Waals surface area contributed by atoms with Crippen molar-refractivity contribution in [3.63, 3.8) is 0 Å². The molecule has 0 aromatic heterocycles. The second kappa shape index (κ2) is 5.86. The first-order valence-electron chi connectivity index (χ1n) is 7.40. The molecule has 1 amide bonds. The number of benzene rings is 1. The standard InChI is InChI=1S/C16H21BrN2O/c1-18-13-3-2-8-19(10-13)16(20)15-9-14(15)11-4-6-12(17)7-5-11/h4-7,13-15,18H,2-3,8-10H2,1H3/t13-,14-,15+/m1/s1. The van der Waals surface area contributed by atoms with Gasteiger partial charge >= 0.3 is 0 Å². The first-order valence-corrected chi connectivity index (χ1v) is 8.20. The van der Waals surface area contributed by atoms with Gasteiger partial charge in [0.25, 0.3) is 0 Å². The number of carbonyl (C=O) groups is 1. The quantitative estimate of drug-likeness (QED) is 0.920. The maximum Gasteiger partial charge on any atom is 0.226 e. The number of hydrogen-bond donors (Lipinski definition) is 1. The SMILES string of the molecule is CN[C@@H]1CCCN(C(=O)[C@H]2C[C@@H]2c2ccc(Br)cc2)C1. The molecule has 1 aromatic carbocycles. The predicted octanol–water partition coefficient (Wildman–Crippen LogP) is 2.76. The van der Waals surface area contributed by atoms with Gasteiger partial charge in [0.05, 0.1) is 0 Å². The molecular weight excluding hydrogens is 316 g/mol. The largest absolute Gasteiger partial charge is 0.341 e. The summed E-state index contributed by atoms with van der Waals surface area (Å²) >= 11 is 3.45. The third kappa shape index (κ3) is 2.91. The van der Waals surface area contributed by atoms with E-state index in [4.69, 9.17) is 0 Å². The third-order valence-corrected chi connectivity index (χ3v) is 5.08. The Kier molecular flexibility index (Phi) is 4.13. The summed E-state index contributed by atoms with van der Waals surface area (Å²) in [4.78, 5) is 14.6. The van der Waals surface area contributed by atoms with Gasteiger partial charge in [0.15, 0.2) is 0 Å². The summed E-state index contributed by atoms with van der Waals surface area (Å²) < 4.78 is 1.10. The minimum Gasteiger partial charge on any atom is -0.341 e. The topological polar surface area (TPSA) is 32.3 Å². The molecule has 1 heterocycles. The van der Waals surface area contributed by atoms with Crippen LogP contribution in [0.4, 0.5) is 0 Å². The van der Waals surface area contributed by atoms with E-state index in [0.29, 0.717) is 17.9 Å². The lowest BCUT2D eigenvalue weighted by atomic mass is 10.0. The molecule has 3 atom stereocenters. The summed E-state index contributed by atoms with van der Waals surface area (Å²) in [6.07, 6.45) is 3.31. The van der Waals surface area contributed by atoms with E-state index in [2.05, 4.69) is 50.4 Å². The minimum absolute atomic E-state index is 0.215. The van der Waals surface area contributed by atoms with Gasteiger partial charge in [-0.1, -0.05) is 28.1 Å². The highest BCUT2D eigenvalue weighted by Crippen LogP contribution is 2.48. The Morgan fingerprint density at radius 3 is 2.80 bits per heavy atom. The molecule has 2 fully saturated rings. The van der Waals surface area contributed by atoms with Gasteiger partial charge in [-0.05, 0) is 49.9 Å². The van der Waals surface area contributed by atoms with Crippen molar-refractivity contribution in [2.75, 3.05) is 20.1 Å². The Morgan fingerprint density at radius 2 is 2.10 bits per heavy atom. The zero-order chi connectivity index (χ0) is 14.1. The molecule has 0 radical (unpaired) electrons. The van der Waals surface area contributed by atoms with E-state index in [1.807, 2.05) is 7.05 Å². The van der Waals surface area contributed by atoms with Gasteiger partial charge in [-0.2, -0.15) is 0 Å². The van der Waals surface area contributed by atoms with Crippen LogP contribution in [0.15, 0.2) is 28.7 Å². The first-order chi connectivity index (χ1) is 9.69. The number of likely N-dealkylation sites (tertiary alicyclic amines) is 1. The Labute approximate surface area is 128 Å².